The van der Waals surface area contributed by atoms with Crippen LogP contribution in [0.1, 0.15) is 21.6 Å². The van der Waals surface area contributed by atoms with Crippen LogP contribution in [-0.4, -0.2) is 28.6 Å². The molecule has 0 radical (unpaired) electrons. The summed E-state index contributed by atoms with van der Waals surface area (Å²) >= 11 is 1.26. The van der Waals surface area contributed by atoms with E-state index in [1.54, 1.807) is 6.08 Å². The fraction of sp³-hybridized carbons (Fsp3) is 0.125. The molecular formula is C24H19N3O3S. The van der Waals surface area contributed by atoms with Crippen molar-refractivity contribution in [1.82, 2.24) is 4.90 Å². The normalized spacial score (nSPS) is 12.9. The first-order chi connectivity index (χ1) is 15.1. The molecule has 0 saturated heterocycles. The van der Waals surface area contributed by atoms with Crippen LogP contribution in [0.5, 0.6) is 0 Å². The van der Waals surface area contributed by atoms with Crippen molar-refractivity contribution in [2.45, 2.75) is 13.0 Å². The molecule has 154 valence electrons. The predicted octanol–water partition coefficient (Wildman–Crippen LogP) is 4.97. The molecule has 0 fully saturated rings. The van der Waals surface area contributed by atoms with Crippen LogP contribution in [0.25, 0.3) is 17.2 Å². The molecule has 3 aromatic rings. The number of carbonyl (C=O) groups excluding carboxylic acids is 1. The average molecular weight is 430 g/mol. The maximum absolute atomic E-state index is 12.6. The highest BCUT2D eigenvalue weighted by Crippen LogP contribution is 2.36. The number of benzene rings is 2. The Balaban J connectivity index is 1.54. The van der Waals surface area contributed by atoms with Crippen molar-refractivity contribution in [1.29, 1.82) is 5.26 Å². The summed E-state index contributed by atoms with van der Waals surface area (Å²) < 4.78 is 0. The summed E-state index contributed by atoms with van der Waals surface area (Å²) in [6.45, 7) is 0.581. The summed E-state index contributed by atoms with van der Waals surface area (Å²) in [7, 11) is 0. The molecule has 1 aliphatic heterocycles. The second kappa shape index (κ2) is 8.86. The monoisotopic (exact) mass is 429 g/mol. The summed E-state index contributed by atoms with van der Waals surface area (Å²) in [5.41, 5.74) is 4.25. The first-order valence-corrected chi connectivity index (χ1v) is 10.5. The van der Waals surface area contributed by atoms with Gasteiger partial charge < -0.3 is 15.3 Å². The van der Waals surface area contributed by atoms with Gasteiger partial charge in [0.2, 0.25) is 5.91 Å². The second-order valence-corrected chi connectivity index (χ2v) is 8.15. The Morgan fingerprint density at radius 3 is 2.61 bits per heavy atom. The lowest BCUT2D eigenvalue weighted by molar-refractivity contribution is -0.111. The third-order valence-electron chi connectivity index (χ3n) is 5.14. The highest BCUT2D eigenvalue weighted by molar-refractivity contribution is 7.16. The third kappa shape index (κ3) is 4.34. The number of carboxylic acid groups (broad SMARTS) is 1. The number of nitriles is 1. The molecule has 7 heteroatoms. The molecule has 0 aliphatic carbocycles. The number of nitrogens with one attached hydrogen (secondary N) is 1. The lowest BCUT2D eigenvalue weighted by atomic mass is 9.99. The molecule has 2 heterocycles. The number of hydrogen-bond donors (Lipinski definition) is 2. The molecule has 0 bridgehead atoms. The van der Waals surface area contributed by atoms with Crippen LogP contribution in [0.15, 0.2) is 60.7 Å². The van der Waals surface area contributed by atoms with E-state index in [4.69, 9.17) is 0 Å². The van der Waals surface area contributed by atoms with Crippen LogP contribution in [0, 0.1) is 11.3 Å². The highest BCUT2D eigenvalue weighted by Gasteiger charge is 2.27. The van der Waals surface area contributed by atoms with E-state index >= 15 is 0 Å². The van der Waals surface area contributed by atoms with Crippen LogP contribution in [0.4, 0.5) is 9.80 Å². The van der Waals surface area contributed by atoms with Crippen LogP contribution in [0.2, 0.25) is 0 Å². The van der Waals surface area contributed by atoms with Crippen LogP contribution in [-0.2, 0) is 17.8 Å². The minimum absolute atomic E-state index is 0.236. The van der Waals surface area contributed by atoms with Gasteiger partial charge in [-0.1, -0.05) is 54.6 Å². The van der Waals surface area contributed by atoms with Gasteiger partial charge in [-0.25, -0.2) is 4.79 Å². The summed E-state index contributed by atoms with van der Waals surface area (Å²) in [4.78, 5) is 25.9. The Morgan fingerprint density at radius 1 is 1.13 bits per heavy atom. The van der Waals surface area contributed by atoms with Crippen molar-refractivity contribution < 1.29 is 14.7 Å². The average Bonchev–Trinajstić information content (AvgIpc) is 3.14. The second-order valence-electron chi connectivity index (χ2n) is 7.05. The molecule has 1 aliphatic rings. The number of thiophene rings is 1. The van der Waals surface area contributed by atoms with Gasteiger partial charge in [0.25, 0.3) is 0 Å². The first kappa shape index (κ1) is 20.4. The van der Waals surface area contributed by atoms with E-state index in [-0.39, 0.29) is 12.5 Å². The molecule has 2 amide bonds. The molecule has 0 atom stereocenters. The van der Waals surface area contributed by atoms with Gasteiger partial charge in [-0.2, -0.15) is 5.26 Å². The van der Waals surface area contributed by atoms with Crippen molar-refractivity contribution in [3.05, 3.63) is 82.2 Å². The molecule has 31 heavy (non-hydrogen) atoms. The molecule has 0 unspecified atom stereocenters. The van der Waals surface area contributed by atoms with Gasteiger partial charge in [0.05, 0.1) is 12.1 Å². The topological polar surface area (TPSA) is 93.4 Å². The Labute approximate surface area is 183 Å². The minimum atomic E-state index is -0.983. The summed E-state index contributed by atoms with van der Waals surface area (Å²) in [6.07, 6.45) is 2.69. The Hall–Kier alpha value is -3.89. The van der Waals surface area contributed by atoms with Gasteiger partial charge in [-0.3, -0.25) is 4.79 Å². The quantitative estimate of drug-likeness (QED) is 0.572. The summed E-state index contributed by atoms with van der Waals surface area (Å²) in [6, 6.07) is 19.9. The molecule has 0 spiro atoms. The lowest BCUT2D eigenvalue weighted by Crippen LogP contribution is -2.34. The van der Waals surface area contributed by atoms with Gasteiger partial charge in [0, 0.05) is 17.5 Å². The van der Waals surface area contributed by atoms with Gasteiger partial charge in [-0.05, 0) is 34.8 Å². The van der Waals surface area contributed by atoms with E-state index in [1.807, 2.05) is 54.6 Å². The van der Waals surface area contributed by atoms with Crippen LogP contribution < -0.4 is 5.32 Å². The van der Waals surface area contributed by atoms with Crippen molar-refractivity contribution in [3.63, 3.8) is 0 Å². The van der Waals surface area contributed by atoms with Gasteiger partial charge in [-0.15, -0.1) is 11.3 Å². The highest BCUT2D eigenvalue weighted by atomic mass is 32.1. The number of amides is 2. The van der Waals surface area contributed by atoms with E-state index in [1.165, 1.54) is 22.3 Å². The maximum Gasteiger partial charge on any atom is 0.407 e. The van der Waals surface area contributed by atoms with Gasteiger partial charge >= 0.3 is 6.09 Å². The first-order valence-electron chi connectivity index (χ1n) is 9.73. The molecule has 0 saturated carbocycles. The van der Waals surface area contributed by atoms with Crippen molar-refractivity contribution in [2.24, 2.45) is 0 Å². The lowest BCUT2D eigenvalue weighted by Gasteiger charge is -2.23. The largest absolute Gasteiger partial charge is 0.465 e. The standard InChI is InChI=1S/C24H19N3O3S/c25-14-20-19-12-13-27(24(29)30)15-21(19)31-23(20)26-22(28)11-10-17-8-4-5-9-18(17)16-6-2-1-3-7-16/h1-11H,12-13,15H2,(H,26,28)(H,29,30). The predicted molar refractivity (Wildman–Crippen MR) is 121 cm³/mol. The van der Waals surface area contributed by atoms with E-state index in [2.05, 4.69) is 11.4 Å². The molecule has 6 nitrogen and oxygen atoms in total. The minimum Gasteiger partial charge on any atom is -0.465 e. The summed E-state index contributed by atoms with van der Waals surface area (Å²) in [5, 5.41) is 22.1. The number of hydrogen-bond acceptors (Lipinski definition) is 4. The molecule has 2 aromatic carbocycles. The van der Waals surface area contributed by atoms with Crippen LogP contribution >= 0.6 is 11.3 Å². The number of anilines is 1. The third-order valence-corrected chi connectivity index (χ3v) is 6.27. The van der Waals surface area contributed by atoms with E-state index in [0.29, 0.717) is 23.5 Å². The Bertz CT molecular complexity index is 1210. The molecule has 2 N–H and O–H groups in total. The maximum atomic E-state index is 12.6. The Kier molecular flexibility index (Phi) is 5.83. The zero-order valence-electron chi connectivity index (χ0n) is 16.5. The van der Waals surface area contributed by atoms with E-state index < -0.39 is 6.09 Å². The van der Waals surface area contributed by atoms with Gasteiger partial charge in [0.15, 0.2) is 0 Å². The Morgan fingerprint density at radius 2 is 1.87 bits per heavy atom. The SMILES string of the molecule is N#Cc1c(NC(=O)C=Cc2ccccc2-c2ccccc2)sc2c1CCN(C(=O)O)C2. The molecule has 4 rings (SSSR count). The van der Waals surface area contributed by atoms with E-state index in [9.17, 15) is 20.0 Å². The van der Waals surface area contributed by atoms with Crippen molar-refractivity contribution in [2.75, 3.05) is 11.9 Å². The van der Waals surface area contributed by atoms with Crippen molar-refractivity contribution >= 4 is 34.4 Å². The number of fused-ring (bicyclic) bond motifs is 1. The number of rotatable bonds is 4. The zero-order chi connectivity index (χ0) is 21.8. The molecule has 1 aromatic heterocycles. The smallest absolute Gasteiger partial charge is 0.407 e. The fourth-order valence-electron chi connectivity index (χ4n) is 3.62. The fourth-order valence-corrected chi connectivity index (χ4v) is 4.83. The van der Waals surface area contributed by atoms with Crippen LogP contribution in [0.3, 0.4) is 0 Å². The van der Waals surface area contributed by atoms with Gasteiger partial charge in [0.1, 0.15) is 11.1 Å². The summed E-state index contributed by atoms with van der Waals surface area (Å²) in [5.74, 6) is -0.340. The molecular weight excluding hydrogens is 410 g/mol. The number of nitrogens with zero attached hydrogens (tertiary/aromatic N) is 2. The van der Waals surface area contributed by atoms with E-state index in [0.717, 1.165) is 27.1 Å². The number of carbonyl (C=O) groups is 2. The zero-order valence-corrected chi connectivity index (χ0v) is 17.4. The van der Waals surface area contributed by atoms with Crippen molar-refractivity contribution in [3.8, 4) is 17.2 Å².